The Morgan fingerprint density at radius 2 is 2.33 bits per heavy atom. The van der Waals surface area contributed by atoms with Gasteiger partial charge in [-0.1, -0.05) is 5.16 Å². The molecule has 0 saturated carbocycles. The number of H-pyrrole nitrogens is 1. The zero-order valence-corrected chi connectivity index (χ0v) is 13.5. The first-order valence-electron chi connectivity index (χ1n) is 7.65. The van der Waals surface area contributed by atoms with Crippen molar-refractivity contribution in [3.8, 4) is 0 Å². The maximum atomic E-state index is 12.4. The number of morpholine rings is 1. The van der Waals surface area contributed by atoms with E-state index in [1.807, 2.05) is 0 Å². The van der Waals surface area contributed by atoms with Gasteiger partial charge in [0.2, 0.25) is 5.91 Å². The Balaban J connectivity index is 1.65. The van der Waals surface area contributed by atoms with Gasteiger partial charge in [-0.3, -0.25) is 9.59 Å². The molecule has 2 aromatic heterocycles. The van der Waals surface area contributed by atoms with Crippen LogP contribution in [-0.4, -0.2) is 51.5 Å². The molecular weight excluding hydrogens is 314 g/mol. The van der Waals surface area contributed by atoms with Crippen LogP contribution in [-0.2, 0) is 16.1 Å². The maximum Gasteiger partial charge on any atom is 0.276 e. The van der Waals surface area contributed by atoms with Crippen LogP contribution in [0.5, 0.6) is 0 Å². The van der Waals surface area contributed by atoms with Crippen molar-refractivity contribution in [1.82, 2.24) is 25.3 Å². The number of ether oxygens (including phenoxy) is 1. The summed E-state index contributed by atoms with van der Waals surface area (Å²) in [6.45, 7) is 4.84. The third kappa shape index (κ3) is 3.62. The smallest absolute Gasteiger partial charge is 0.276 e. The van der Waals surface area contributed by atoms with E-state index in [1.54, 1.807) is 24.1 Å². The van der Waals surface area contributed by atoms with Crippen molar-refractivity contribution in [3.63, 3.8) is 0 Å². The summed E-state index contributed by atoms with van der Waals surface area (Å²) in [6, 6.07) is 1.62. The first kappa shape index (κ1) is 16.2. The van der Waals surface area contributed by atoms with Crippen LogP contribution in [0.4, 0.5) is 0 Å². The molecule has 0 aliphatic carbocycles. The zero-order chi connectivity index (χ0) is 17.1. The van der Waals surface area contributed by atoms with Crippen LogP contribution < -0.4 is 5.32 Å². The Bertz CT molecular complexity index is 738. The number of rotatable bonds is 4. The van der Waals surface area contributed by atoms with E-state index >= 15 is 0 Å². The van der Waals surface area contributed by atoms with E-state index in [-0.39, 0.29) is 17.9 Å². The highest BCUT2D eigenvalue weighted by molar-refractivity contribution is 5.92. The third-order valence-corrected chi connectivity index (χ3v) is 3.68. The summed E-state index contributed by atoms with van der Waals surface area (Å²) < 4.78 is 10.7. The maximum absolute atomic E-state index is 12.4. The fourth-order valence-electron chi connectivity index (χ4n) is 2.48. The Morgan fingerprint density at radius 3 is 3.04 bits per heavy atom. The minimum atomic E-state index is -0.346. The molecule has 128 valence electrons. The Labute approximate surface area is 138 Å². The van der Waals surface area contributed by atoms with E-state index in [0.29, 0.717) is 43.5 Å². The van der Waals surface area contributed by atoms with Crippen LogP contribution in [0.25, 0.3) is 0 Å². The first-order valence-corrected chi connectivity index (χ1v) is 7.65. The average Bonchev–Trinajstić information content (AvgIpc) is 3.21. The van der Waals surface area contributed by atoms with E-state index in [0.717, 1.165) is 5.69 Å². The fraction of sp³-hybridized carbons (Fsp3) is 0.467. The summed E-state index contributed by atoms with van der Waals surface area (Å²) in [5.41, 5.74) is 1.07. The standard InChI is InChI=1S/C15H19N5O4/c1-9-5-12(19-24-9)15(22)20-3-4-23-13(8-20)14-17-7-11(18-14)6-16-10(2)21/h5,7,13H,3-4,6,8H2,1-2H3,(H,16,21)(H,17,18). The predicted molar refractivity (Wildman–Crippen MR) is 81.9 cm³/mol. The summed E-state index contributed by atoms with van der Waals surface area (Å²) in [5, 5.41) is 6.46. The molecule has 2 amide bonds. The number of nitrogens with one attached hydrogen (secondary N) is 2. The molecule has 0 bridgehead atoms. The van der Waals surface area contributed by atoms with Crippen LogP contribution in [0.3, 0.4) is 0 Å². The van der Waals surface area contributed by atoms with Crippen molar-refractivity contribution in [1.29, 1.82) is 0 Å². The number of aromatic amines is 1. The lowest BCUT2D eigenvalue weighted by molar-refractivity contribution is -0.119. The number of hydrogen-bond donors (Lipinski definition) is 2. The summed E-state index contributed by atoms with van der Waals surface area (Å²) in [6.07, 6.45) is 1.30. The Morgan fingerprint density at radius 1 is 1.50 bits per heavy atom. The minimum absolute atomic E-state index is 0.111. The van der Waals surface area contributed by atoms with Crippen LogP contribution in [0.2, 0.25) is 0 Å². The largest absolute Gasteiger partial charge is 0.367 e. The quantitative estimate of drug-likeness (QED) is 0.845. The molecule has 2 aromatic rings. The van der Waals surface area contributed by atoms with Gasteiger partial charge in [0.15, 0.2) is 5.69 Å². The number of imidazole rings is 1. The van der Waals surface area contributed by atoms with E-state index in [9.17, 15) is 9.59 Å². The molecule has 24 heavy (non-hydrogen) atoms. The number of aromatic nitrogens is 3. The Hall–Kier alpha value is -2.68. The normalized spacial score (nSPS) is 17.8. The van der Waals surface area contributed by atoms with Gasteiger partial charge in [0.25, 0.3) is 5.91 Å². The third-order valence-electron chi connectivity index (χ3n) is 3.68. The molecule has 3 rings (SSSR count). The SMILES string of the molecule is CC(=O)NCc1cnc(C2CN(C(=O)c3cc(C)on3)CCO2)[nH]1. The van der Waals surface area contributed by atoms with Crippen molar-refractivity contribution in [2.24, 2.45) is 0 Å². The molecule has 9 heteroatoms. The average molecular weight is 333 g/mol. The second-order valence-electron chi connectivity index (χ2n) is 5.64. The molecule has 9 nitrogen and oxygen atoms in total. The molecular formula is C15H19N5O4. The van der Waals surface area contributed by atoms with E-state index in [1.165, 1.54) is 6.92 Å². The number of hydrogen-bond acceptors (Lipinski definition) is 6. The monoisotopic (exact) mass is 333 g/mol. The number of carbonyl (C=O) groups excluding carboxylic acids is 2. The molecule has 0 radical (unpaired) electrons. The van der Waals surface area contributed by atoms with Gasteiger partial charge in [-0.05, 0) is 6.92 Å². The van der Waals surface area contributed by atoms with Crippen LogP contribution in [0.15, 0.2) is 16.8 Å². The highest BCUT2D eigenvalue weighted by Crippen LogP contribution is 2.21. The summed E-state index contributed by atoms with van der Waals surface area (Å²) in [4.78, 5) is 32.5. The molecule has 1 fully saturated rings. The van der Waals surface area contributed by atoms with Crippen LogP contribution in [0.1, 0.15) is 40.8 Å². The van der Waals surface area contributed by atoms with Gasteiger partial charge in [-0.2, -0.15) is 0 Å². The van der Waals surface area contributed by atoms with Crippen molar-refractivity contribution in [2.75, 3.05) is 19.7 Å². The second-order valence-corrected chi connectivity index (χ2v) is 5.64. The first-order chi connectivity index (χ1) is 11.5. The molecule has 0 aromatic carbocycles. The van der Waals surface area contributed by atoms with Gasteiger partial charge in [0.05, 0.1) is 31.6 Å². The summed E-state index contributed by atoms with van der Waals surface area (Å²) >= 11 is 0. The molecule has 1 aliphatic heterocycles. The molecule has 1 atom stereocenters. The van der Waals surface area contributed by atoms with Gasteiger partial charge in [-0.25, -0.2) is 4.98 Å². The predicted octanol–water partition coefficient (Wildman–Crippen LogP) is 0.556. The van der Waals surface area contributed by atoms with Crippen LogP contribution >= 0.6 is 0 Å². The highest BCUT2D eigenvalue weighted by atomic mass is 16.5. The van der Waals surface area contributed by atoms with Crippen LogP contribution in [0, 0.1) is 6.92 Å². The van der Waals surface area contributed by atoms with Crippen molar-refractivity contribution in [3.05, 3.63) is 35.2 Å². The lowest BCUT2D eigenvalue weighted by Gasteiger charge is -2.31. The molecule has 2 N–H and O–H groups in total. The molecule has 1 saturated heterocycles. The van der Waals surface area contributed by atoms with Crippen molar-refractivity contribution in [2.45, 2.75) is 26.5 Å². The number of nitrogens with zero attached hydrogens (tertiary/aromatic N) is 3. The highest BCUT2D eigenvalue weighted by Gasteiger charge is 2.29. The lowest BCUT2D eigenvalue weighted by atomic mass is 10.2. The van der Waals surface area contributed by atoms with Gasteiger partial charge in [0, 0.05) is 19.5 Å². The summed E-state index contributed by atoms with van der Waals surface area (Å²) in [7, 11) is 0. The molecule has 1 aliphatic rings. The minimum Gasteiger partial charge on any atom is -0.367 e. The lowest BCUT2D eigenvalue weighted by Crippen LogP contribution is -2.42. The van der Waals surface area contributed by atoms with Gasteiger partial charge >= 0.3 is 0 Å². The fourth-order valence-corrected chi connectivity index (χ4v) is 2.48. The van der Waals surface area contributed by atoms with E-state index in [4.69, 9.17) is 9.26 Å². The molecule has 0 spiro atoms. The number of carbonyl (C=O) groups is 2. The van der Waals surface area contributed by atoms with Gasteiger partial charge in [0.1, 0.15) is 17.7 Å². The van der Waals surface area contributed by atoms with Crippen molar-refractivity contribution >= 4 is 11.8 Å². The number of amides is 2. The van der Waals surface area contributed by atoms with Gasteiger partial charge < -0.3 is 24.5 Å². The molecule has 3 heterocycles. The van der Waals surface area contributed by atoms with E-state index in [2.05, 4.69) is 20.4 Å². The van der Waals surface area contributed by atoms with Gasteiger partial charge in [-0.15, -0.1) is 0 Å². The van der Waals surface area contributed by atoms with E-state index < -0.39 is 0 Å². The molecule has 1 unspecified atom stereocenters. The second kappa shape index (κ2) is 6.83. The topological polar surface area (TPSA) is 113 Å². The summed E-state index contributed by atoms with van der Waals surface area (Å²) in [5.74, 6) is 0.922. The Kier molecular flexibility index (Phi) is 4.61. The zero-order valence-electron chi connectivity index (χ0n) is 13.5. The van der Waals surface area contributed by atoms with Crippen molar-refractivity contribution < 1.29 is 18.8 Å². The number of aryl methyl sites for hydroxylation is 1.